The van der Waals surface area contributed by atoms with Gasteiger partial charge in [-0.05, 0) is 29.7 Å². The highest BCUT2D eigenvalue weighted by Crippen LogP contribution is 2.38. The fourth-order valence-electron chi connectivity index (χ4n) is 1.76. The van der Waals surface area contributed by atoms with Gasteiger partial charge in [-0.1, -0.05) is 48.2 Å². The second kappa shape index (κ2) is 3.18. The molecule has 0 unspecified atom stereocenters. The summed E-state index contributed by atoms with van der Waals surface area (Å²) in [5.41, 5.74) is 2.83. The fraction of sp³-hybridized carbons (Fsp3) is 0.0769. The summed E-state index contributed by atoms with van der Waals surface area (Å²) in [6, 6.07) is 18.1. The maximum atomic E-state index is 3.29. The Bertz CT molecular complexity index is 387. The van der Waals surface area contributed by atoms with Crippen molar-refractivity contribution < 1.29 is 0 Å². The Labute approximate surface area is 88.0 Å². The lowest BCUT2D eigenvalue weighted by Crippen LogP contribution is -1.98. The third-order valence-corrected chi connectivity index (χ3v) is 3.67. The molecule has 0 atom stereocenters. The van der Waals surface area contributed by atoms with Gasteiger partial charge in [-0.2, -0.15) is 0 Å². The van der Waals surface area contributed by atoms with Crippen molar-refractivity contribution in [2.75, 3.05) is 0 Å². The molecule has 0 aromatic heterocycles. The molecular formula is C13H9S. The number of hydrogen-bond donors (Lipinski definition) is 0. The van der Waals surface area contributed by atoms with Crippen molar-refractivity contribution in [3.8, 4) is 0 Å². The normalized spacial score (nSPS) is 13.1. The Hall–Kier alpha value is -1.21. The van der Waals surface area contributed by atoms with E-state index in [9.17, 15) is 0 Å². The average Bonchev–Trinajstić information content (AvgIpc) is 2.26. The number of fused-ring (bicyclic) bond motifs is 2. The van der Waals surface area contributed by atoms with E-state index in [2.05, 4.69) is 42.5 Å². The van der Waals surface area contributed by atoms with E-state index in [0.29, 0.717) is 0 Å². The van der Waals surface area contributed by atoms with E-state index in [0.717, 1.165) is 6.42 Å². The van der Waals surface area contributed by atoms with Crippen LogP contribution in [-0.2, 0) is 6.42 Å². The van der Waals surface area contributed by atoms with Crippen LogP contribution in [0.25, 0.3) is 0 Å². The predicted octanol–water partition coefficient (Wildman–Crippen LogP) is 3.54. The predicted molar refractivity (Wildman–Crippen MR) is 58.6 cm³/mol. The number of rotatable bonds is 0. The fourth-order valence-corrected chi connectivity index (χ4v) is 2.79. The van der Waals surface area contributed by atoms with Gasteiger partial charge in [0.2, 0.25) is 0 Å². The lowest BCUT2D eigenvalue weighted by Gasteiger charge is -2.17. The highest BCUT2D eigenvalue weighted by Gasteiger charge is 2.14. The van der Waals surface area contributed by atoms with Gasteiger partial charge in [-0.15, -0.1) is 0 Å². The summed E-state index contributed by atoms with van der Waals surface area (Å²) < 4.78 is 0. The Morgan fingerprint density at radius 2 is 1.86 bits per heavy atom. The largest absolute Gasteiger partial charge is 0.0888 e. The molecule has 14 heavy (non-hydrogen) atoms. The lowest BCUT2D eigenvalue weighted by molar-refractivity contribution is 1.05. The summed E-state index contributed by atoms with van der Waals surface area (Å²) in [7, 11) is 0. The Morgan fingerprint density at radius 1 is 1.00 bits per heavy atom. The van der Waals surface area contributed by atoms with Gasteiger partial charge < -0.3 is 0 Å². The second-order valence-electron chi connectivity index (χ2n) is 3.41. The standard InChI is InChI=1S/C13H9S/c1-3-7-12-10(5-1)9-11-6-2-4-8-13(11)14-12/h1-7H,9H2. The molecular weight excluding hydrogens is 188 g/mol. The van der Waals surface area contributed by atoms with Crippen molar-refractivity contribution in [1.29, 1.82) is 0 Å². The first kappa shape index (κ1) is 8.13. The highest BCUT2D eigenvalue weighted by atomic mass is 32.2. The topological polar surface area (TPSA) is 0 Å². The van der Waals surface area contributed by atoms with E-state index < -0.39 is 0 Å². The van der Waals surface area contributed by atoms with Gasteiger partial charge in [-0.25, -0.2) is 0 Å². The molecule has 0 saturated heterocycles. The first-order chi connectivity index (χ1) is 6.93. The molecule has 0 saturated carbocycles. The molecule has 2 aromatic rings. The Balaban J connectivity index is 2.12. The van der Waals surface area contributed by atoms with Crippen molar-refractivity contribution in [2.45, 2.75) is 16.2 Å². The summed E-state index contributed by atoms with van der Waals surface area (Å²) in [6.07, 6.45) is 1.05. The Kier molecular flexibility index (Phi) is 1.84. The molecule has 0 N–H and O–H groups in total. The minimum absolute atomic E-state index is 1.05. The van der Waals surface area contributed by atoms with Crippen molar-refractivity contribution >= 4 is 11.8 Å². The first-order valence-electron chi connectivity index (χ1n) is 4.69. The molecule has 0 spiro atoms. The van der Waals surface area contributed by atoms with Crippen molar-refractivity contribution in [1.82, 2.24) is 0 Å². The zero-order valence-electron chi connectivity index (χ0n) is 7.66. The van der Waals surface area contributed by atoms with Gasteiger partial charge in [0, 0.05) is 9.79 Å². The van der Waals surface area contributed by atoms with E-state index in [1.165, 1.54) is 20.9 Å². The molecule has 3 rings (SSSR count). The van der Waals surface area contributed by atoms with Crippen LogP contribution in [0.2, 0.25) is 0 Å². The van der Waals surface area contributed by atoms with Gasteiger partial charge in [0.05, 0.1) is 0 Å². The third kappa shape index (κ3) is 1.25. The molecule has 0 aliphatic carbocycles. The summed E-state index contributed by atoms with van der Waals surface area (Å²) in [5.74, 6) is 0. The molecule has 0 bridgehead atoms. The Morgan fingerprint density at radius 3 is 2.86 bits per heavy atom. The third-order valence-electron chi connectivity index (χ3n) is 2.47. The van der Waals surface area contributed by atoms with Crippen molar-refractivity contribution in [2.24, 2.45) is 0 Å². The monoisotopic (exact) mass is 197 g/mol. The van der Waals surface area contributed by atoms with Gasteiger partial charge in [-0.3, -0.25) is 0 Å². The molecule has 2 aromatic carbocycles. The number of benzene rings is 2. The molecule has 1 heterocycles. The quantitative estimate of drug-likeness (QED) is 0.531. The molecule has 0 nitrogen and oxygen atoms in total. The van der Waals surface area contributed by atoms with E-state index >= 15 is 0 Å². The van der Waals surface area contributed by atoms with Gasteiger partial charge >= 0.3 is 0 Å². The molecule has 0 amide bonds. The van der Waals surface area contributed by atoms with Gasteiger partial charge in [0.25, 0.3) is 0 Å². The average molecular weight is 197 g/mol. The SMILES string of the molecule is [c]1cccc2c1Sc1ccccc1C2. The molecule has 67 valence electrons. The van der Waals surface area contributed by atoms with E-state index in [-0.39, 0.29) is 0 Å². The van der Waals surface area contributed by atoms with Gasteiger partial charge in [0.1, 0.15) is 0 Å². The van der Waals surface area contributed by atoms with E-state index in [1.54, 1.807) is 0 Å². The smallest absolute Gasteiger partial charge is 0.0236 e. The van der Waals surface area contributed by atoms with Crippen molar-refractivity contribution in [3.63, 3.8) is 0 Å². The minimum Gasteiger partial charge on any atom is -0.0888 e. The van der Waals surface area contributed by atoms with Crippen LogP contribution in [0, 0.1) is 6.07 Å². The van der Waals surface area contributed by atoms with Crippen LogP contribution in [0.15, 0.2) is 52.3 Å². The molecule has 0 fully saturated rings. The first-order valence-corrected chi connectivity index (χ1v) is 5.50. The summed E-state index contributed by atoms with van der Waals surface area (Å²) >= 11 is 1.83. The maximum absolute atomic E-state index is 3.29. The van der Waals surface area contributed by atoms with Crippen LogP contribution < -0.4 is 0 Å². The van der Waals surface area contributed by atoms with E-state index in [1.807, 2.05) is 17.8 Å². The van der Waals surface area contributed by atoms with Crippen LogP contribution in [0.1, 0.15) is 11.1 Å². The molecule has 1 aliphatic rings. The lowest BCUT2D eigenvalue weighted by atomic mass is 10.0. The number of hydrogen-bond acceptors (Lipinski definition) is 1. The van der Waals surface area contributed by atoms with Crippen LogP contribution in [0.5, 0.6) is 0 Å². The van der Waals surface area contributed by atoms with Crippen LogP contribution >= 0.6 is 11.8 Å². The second-order valence-corrected chi connectivity index (χ2v) is 4.46. The molecule has 1 aliphatic heterocycles. The van der Waals surface area contributed by atoms with Crippen LogP contribution in [-0.4, -0.2) is 0 Å². The van der Waals surface area contributed by atoms with E-state index in [4.69, 9.17) is 0 Å². The van der Waals surface area contributed by atoms with Crippen molar-refractivity contribution in [3.05, 3.63) is 59.7 Å². The van der Waals surface area contributed by atoms with Crippen LogP contribution in [0.3, 0.4) is 0 Å². The van der Waals surface area contributed by atoms with Gasteiger partial charge in [0.15, 0.2) is 0 Å². The van der Waals surface area contributed by atoms with Crippen LogP contribution in [0.4, 0.5) is 0 Å². The summed E-state index contributed by atoms with van der Waals surface area (Å²) in [4.78, 5) is 2.66. The highest BCUT2D eigenvalue weighted by molar-refractivity contribution is 7.99. The molecule has 1 heteroatoms. The summed E-state index contributed by atoms with van der Waals surface area (Å²) in [6.45, 7) is 0. The summed E-state index contributed by atoms with van der Waals surface area (Å²) in [5, 5.41) is 0. The maximum Gasteiger partial charge on any atom is 0.0236 e. The molecule has 1 radical (unpaired) electrons. The minimum atomic E-state index is 1.05. The zero-order chi connectivity index (χ0) is 9.38. The zero-order valence-corrected chi connectivity index (χ0v) is 8.47.